The lowest BCUT2D eigenvalue weighted by atomic mass is 10.1. The van der Waals surface area contributed by atoms with Crippen molar-refractivity contribution in [3.63, 3.8) is 0 Å². The van der Waals surface area contributed by atoms with Crippen molar-refractivity contribution in [3.8, 4) is 0 Å². The van der Waals surface area contributed by atoms with E-state index in [9.17, 15) is 62.9 Å². The molecule has 2 aliphatic rings. The normalized spacial score (nSPS) is 14.4. The Labute approximate surface area is 479 Å². The van der Waals surface area contributed by atoms with Gasteiger partial charge in [-0.2, -0.15) is 0 Å². The van der Waals surface area contributed by atoms with Crippen LogP contribution in [-0.4, -0.2) is 201 Å². The molecule has 2 aliphatic heterocycles. The fourth-order valence-electron chi connectivity index (χ4n) is 6.67. The largest absolute Gasteiger partial charge is 0.480 e. The summed E-state index contributed by atoms with van der Waals surface area (Å²) < 4.78 is 4.61. The lowest BCUT2D eigenvalue weighted by molar-refractivity contribution is -0.384. The number of nitrogen functional groups attached to an aromatic ring is 1. The summed E-state index contributed by atoms with van der Waals surface area (Å²) in [6, 6.07) is 22.0. The number of anilines is 7. The number of nitro groups is 1. The summed E-state index contributed by atoms with van der Waals surface area (Å²) in [5, 5.41) is 61.7. The molecular formula is C47H53B5N14O17. The number of amides is 7. The SMILES string of the molecule is [B]C(=O)N[C@@H](CN)C(=O)O.[B]C(=O)N[C@@H](CNc1ccccc1N)C(=O)O.[B]C(=O)N[C@@H](CNc1ccccc1[N+](=O)[O-])C(=O)O.[B]C(=O)N[C@H]1CNc2ccccc2N(CC(=O)OC)C1=O.[B]C(=O)N[C@H]1CNc2ccccc2NC1=O. The molecule has 2 heterocycles. The second-order valence-corrected chi connectivity index (χ2v) is 16.5. The number of nitrogens with zero attached hydrogens (tertiary/aromatic N) is 2. The quantitative estimate of drug-likeness (QED) is 0.0183. The number of hydrogen-bond donors (Lipinski definition) is 15. The zero-order chi connectivity index (χ0) is 62.3. The minimum atomic E-state index is -1.30. The third-order valence-corrected chi connectivity index (χ3v) is 10.5. The number of carbonyl (C=O) groups is 11. The molecule has 0 saturated heterocycles. The molecule has 5 atom stereocenters. The molecule has 0 aromatic heterocycles. The molecule has 31 nitrogen and oxygen atoms in total. The van der Waals surface area contributed by atoms with Crippen LogP contribution in [0, 0.1) is 10.1 Å². The highest BCUT2D eigenvalue weighted by Gasteiger charge is 2.32. The second kappa shape index (κ2) is 35.4. The Kier molecular flexibility index (Phi) is 29.3. The van der Waals surface area contributed by atoms with Gasteiger partial charge in [-0.15, -0.1) is 0 Å². The van der Waals surface area contributed by atoms with E-state index in [4.69, 9.17) is 58.2 Å². The maximum atomic E-state index is 12.5. The summed E-state index contributed by atoms with van der Waals surface area (Å²) in [6.07, 6.45) is 0. The van der Waals surface area contributed by atoms with Crippen LogP contribution in [0.5, 0.6) is 0 Å². The third-order valence-electron chi connectivity index (χ3n) is 10.5. The van der Waals surface area contributed by atoms with Gasteiger partial charge in [-0.25, -0.2) is 14.4 Å². The summed E-state index contributed by atoms with van der Waals surface area (Å²) in [5.74, 6) is -9.23. The van der Waals surface area contributed by atoms with Crippen LogP contribution in [0.3, 0.4) is 0 Å². The molecule has 0 fully saturated rings. The van der Waals surface area contributed by atoms with E-state index >= 15 is 0 Å². The molecule has 7 amide bonds. The van der Waals surface area contributed by atoms with Crippen LogP contribution in [-0.2, 0) is 33.5 Å². The van der Waals surface area contributed by atoms with Crippen molar-refractivity contribution in [2.75, 3.05) is 83.6 Å². The van der Waals surface area contributed by atoms with Gasteiger partial charge in [0.2, 0.25) is 45.1 Å². The molecule has 4 aromatic carbocycles. The van der Waals surface area contributed by atoms with Crippen LogP contribution in [0.25, 0.3) is 0 Å². The van der Waals surface area contributed by atoms with Crippen molar-refractivity contribution in [2.45, 2.75) is 30.2 Å². The average Bonchev–Trinajstić information content (AvgIpc) is 3.92. The van der Waals surface area contributed by atoms with Crippen molar-refractivity contribution in [2.24, 2.45) is 5.73 Å². The van der Waals surface area contributed by atoms with Gasteiger partial charge in [0.25, 0.3) is 11.6 Å². The predicted octanol–water partition coefficient (Wildman–Crippen LogP) is -1.21. The topological polar surface area (TPSA) is 476 Å². The molecular weight excluding hydrogens is 1090 g/mol. The van der Waals surface area contributed by atoms with Gasteiger partial charge < -0.3 is 84.7 Å². The van der Waals surface area contributed by atoms with Gasteiger partial charge in [0.1, 0.15) is 42.4 Å². The van der Waals surface area contributed by atoms with Gasteiger partial charge in [-0.05, 0) is 42.5 Å². The summed E-state index contributed by atoms with van der Waals surface area (Å²) in [5.41, 5.74) is 14.4. The van der Waals surface area contributed by atoms with Crippen molar-refractivity contribution in [1.82, 2.24) is 26.6 Å². The van der Waals surface area contributed by atoms with E-state index in [0.717, 1.165) is 5.69 Å². The van der Waals surface area contributed by atoms with Crippen LogP contribution >= 0.6 is 0 Å². The first-order valence-electron chi connectivity index (χ1n) is 23.8. The molecule has 428 valence electrons. The molecule has 4 aromatic rings. The number of aliphatic carboxylic acids is 3. The van der Waals surface area contributed by atoms with Gasteiger partial charge >= 0.3 is 23.9 Å². The standard InChI is InChI=1S/C13H14BN3O4.C10H10BN3O5.C10H12BN3O3.C10H10BN3O2.C4H7BN2O3/c1-21-11(18)7-17-10-5-3-2-4-8(10)15-6-9(12(17)19)16-13(14)20;11-10(17)13-7(9(15)16)5-12-6-3-1-2-4-8(6)14(18)19;11-10(17)14-8(9(15)16)5-13-7-4-2-1-3-6(7)12;11-10(16)14-8-5-12-6-3-1-2-4-7(6)13-9(8)15;5-4(10)7-2(1-6)3(8)9/h2-5,9,15H,6-7H2,1H3,(H,16,20);1-4,7,12H,5H2,(H,13,17)(H,15,16);1-4,8,13H,5,12H2,(H,14,17)(H,15,16);1-4,8,12H,5H2,(H,13,15)(H,14,16);2H,1,6H2,(H,7,10)(H,8,9)/t9-;7-;2*8-;2-/m00000/s1. The smallest absolute Gasteiger partial charge is 0.328 e. The highest BCUT2D eigenvalue weighted by atomic mass is 16.6. The number of carbonyl (C=O) groups excluding carboxylic acids is 8. The zero-order valence-corrected chi connectivity index (χ0v) is 43.9. The summed E-state index contributed by atoms with van der Waals surface area (Å²) in [7, 11) is 25.6. The maximum absolute atomic E-state index is 12.5. The lowest BCUT2D eigenvalue weighted by Gasteiger charge is -2.24. The minimum Gasteiger partial charge on any atom is -0.480 e. The molecule has 0 unspecified atom stereocenters. The highest BCUT2D eigenvalue weighted by Crippen LogP contribution is 2.29. The molecule has 10 radical (unpaired) electrons. The summed E-state index contributed by atoms with van der Waals surface area (Å²) >= 11 is 0. The first-order chi connectivity index (χ1) is 39.2. The number of methoxy groups -OCH3 is 1. The van der Waals surface area contributed by atoms with E-state index in [1.807, 2.05) is 28.8 Å². The number of carboxylic acid groups (broad SMARTS) is 3. The number of ether oxygens (including phenoxy) is 1. The number of esters is 1. The van der Waals surface area contributed by atoms with E-state index in [1.54, 1.807) is 60.7 Å². The Morgan fingerprint density at radius 3 is 1.55 bits per heavy atom. The van der Waals surface area contributed by atoms with Crippen molar-refractivity contribution >= 4 is 149 Å². The molecule has 6 rings (SSSR count). The fourth-order valence-corrected chi connectivity index (χ4v) is 6.67. The number of hydrogen-bond acceptors (Lipinski definition) is 20. The Morgan fingerprint density at radius 2 is 1.07 bits per heavy atom. The maximum Gasteiger partial charge on any atom is 0.328 e. The molecule has 0 saturated carbocycles. The summed E-state index contributed by atoms with van der Waals surface area (Å²) in [4.78, 5) is 132. The van der Waals surface area contributed by atoms with Crippen LogP contribution in [0.15, 0.2) is 97.1 Å². The Bertz CT molecular complexity index is 2970. The Morgan fingerprint density at radius 1 is 0.639 bits per heavy atom. The number of carboxylic acids is 3. The van der Waals surface area contributed by atoms with E-state index in [-0.39, 0.29) is 50.0 Å². The van der Waals surface area contributed by atoms with Crippen molar-refractivity contribution < 1.29 is 77.7 Å². The van der Waals surface area contributed by atoms with Gasteiger partial charge in [0, 0.05) is 38.8 Å². The van der Waals surface area contributed by atoms with E-state index < -0.39 is 93.9 Å². The predicted molar refractivity (Wildman–Crippen MR) is 306 cm³/mol. The number of nitrogens with two attached hydrogens (primary N) is 2. The number of benzene rings is 4. The monoisotopic (exact) mass is 1140 g/mol. The van der Waals surface area contributed by atoms with E-state index in [2.05, 4.69) is 55.1 Å². The number of nitrogens with one attached hydrogen (secondary N) is 10. The van der Waals surface area contributed by atoms with Gasteiger partial charge in [-0.1, -0.05) is 48.5 Å². The number of para-hydroxylation sites is 8. The zero-order valence-electron chi connectivity index (χ0n) is 43.9. The molecule has 17 N–H and O–H groups in total. The van der Waals surface area contributed by atoms with Gasteiger partial charge in [0.15, 0.2) is 29.0 Å². The van der Waals surface area contributed by atoms with E-state index in [1.165, 1.54) is 30.2 Å². The van der Waals surface area contributed by atoms with Crippen LogP contribution in [0.2, 0.25) is 0 Å². The summed E-state index contributed by atoms with van der Waals surface area (Å²) in [6.45, 7) is -0.166. The van der Waals surface area contributed by atoms with Crippen LogP contribution in [0.1, 0.15) is 0 Å². The second-order valence-electron chi connectivity index (χ2n) is 16.5. The van der Waals surface area contributed by atoms with Gasteiger partial charge in [0.05, 0.1) is 46.2 Å². The molecule has 0 aliphatic carbocycles. The Balaban J connectivity index is 0.000000360. The fraction of sp³-hybridized carbons (Fsp3) is 0.255. The highest BCUT2D eigenvalue weighted by molar-refractivity contribution is 6.58. The van der Waals surface area contributed by atoms with Crippen LogP contribution in [0.4, 0.5) is 69.5 Å². The first-order valence-corrected chi connectivity index (χ1v) is 23.8. The lowest BCUT2D eigenvalue weighted by Crippen LogP contribution is -2.51. The third kappa shape index (κ3) is 25.2. The van der Waals surface area contributed by atoms with Crippen LogP contribution < -0.4 is 69.5 Å². The Hall–Kier alpha value is -10.3. The number of rotatable bonds is 18. The van der Waals surface area contributed by atoms with E-state index in [0.29, 0.717) is 35.0 Å². The molecule has 0 spiro atoms. The van der Waals surface area contributed by atoms with Crippen molar-refractivity contribution in [1.29, 1.82) is 0 Å². The van der Waals surface area contributed by atoms with Crippen molar-refractivity contribution in [3.05, 3.63) is 107 Å². The molecule has 0 bridgehead atoms. The average molecular weight is 1140 g/mol. The van der Waals surface area contributed by atoms with Gasteiger partial charge in [-0.3, -0.25) is 53.4 Å². The molecule has 36 heteroatoms. The number of nitro benzene ring substituents is 1. The number of fused-ring (bicyclic) bond motifs is 2. The first kappa shape index (κ1) is 68.8. The minimum absolute atomic E-state index is 0.00745. The molecule has 83 heavy (non-hydrogen) atoms.